The van der Waals surface area contributed by atoms with Crippen molar-refractivity contribution in [3.8, 4) is 34.3 Å². The van der Waals surface area contributed by atoms with E-state index < -0.39 is 5.82 Å². The van der Waals surface area contributed by atoms with Crippen molar-refractivity contribution in [1.29, 1.82) is 0 Å². The van der Waals surface area contributed by atoms with E-state index in [0.29, 0.717) is 11.1 Å². The van der Waals surface area contributed by atoms with Crippen LogP contribution in [0.15, 0.2) is 47.0 Å². The number of hydrogen-bond donors (Lipinski definition) is 2. The van der Waals surface area contributed by atoms with Crippen LogP contribution in [0.3, 0.4) is 0 Å². The van der Waals surface area contributed by atoms with Crippen molar-refractivity contribution in [2.75, 3.05) is 0 Å². The molecule has 0 unspecified atom stereocenters. The largest absolute Gasteiger partial charge is 0.504 e. The molecule has 0 spiro atoms. The van der Waals surface area contributed by atoms with Crippen molar-refractivity contribution >= 4 is 0 Å². The first-order valence-electron chi connectivity index (χ1n) is 5.75. The molecular formula is C14H9FN2O3. The Morgan fingerprint density at radius 3 is 2.55 bits per heavy atom. The number of benzene rings is 2. The van der Waals surface area contributed by atoms with Crippen LogP contribution in [0.4, 0.5) is 4.39 Å². The maximum atomic E-state index is 13.1. The maximum Gasteiger partial charge on any atom is 0.258 e. The van der Waals surface area contributed by atoms with Gasteiger partial charge in [0.1, 0.15) is 5.82 Å². The van der Waals surface area contributed by atoms with Crippen molar-refractivity contribution in [3.05, 3.63) is 48.3 Å². The molecule has 6 heteroatoms. The molecule has 0 aliphatic heterocycles. The molecular weight excluding hydrogens is 263 g/mol. The lowest BCUT2D eigenvalue weighted by molar-refractivity contribution is 0.402. The number of aromatic nitrogens is 2. The van der Waals surface area contributed by atoms with Crippen LogP contribution in [0, 0.1) is 5.82 Å². The first-order valence-corrected chi connectivity index (χ1v) is 5.75. The molecule has 3 aromatic rings. The number of nitrogens with zero attached hydrogens (tertiary/aromatic N) is 2. The molecule has 0 atom stereocenters. The molecule has 0 radical (unpaired) electrons. The number of hydrogen-bond acceptors (Lipinski definition) is 5. The van der Waals surface area contributed by atoms with E-state index in [1.54, 1.807) is 12.1 Å². The minimum Gasteiger partial charge on any atom is -0.504 e. The molecule has 100 valence electrons. The van der Waals surface area contributed by atoms with Gasteiger partial charge in [-0.05, 0) is 30.3 Å². The van der Waals surface area contributed by atoms with Crippen LogP contribution in [0.2, 0.25) is 0 Å². The number of halogens is 1. The number of rotatable bonds is 2. The van der Waals surface area contributed by atoms with Crippen molar-refractivity contribution in [3.63, 3.8) is 0 Å². The molecule has 0 amide bonds. The van der Waals surface area contributed by atoms with E-state index in [4.69, 9.17) is 4.52 Å². The second-order valence-corrected chi connectivity index (χ2v) is 4.14. The quantitative estimate of drug-likeness (QED) is 0.701. The van der Waals surface area contributed by atoms with Crippen molar-refractivity contribution in [2.45, 2.75) is 0 Å². The molecule has 0 aliphatic carbocycles. The summed E-state index contributed by atoms with van der Waals surface area (Å²) in [4.78, 5) is 4.13. The molecule has 2 N–H and O–H groups in total. The van der Waals surface area contributed by atoms with Crippen molar-refractivity contribution in [1.82, 2.24) is 10.1 Å². The highest BCUT2D eigenvalue weighted by Crippen LogP contribution is 2.30. The highest BCUT2D eigenvalue weighted by Gasteiger charge is 2.12. The Balaban J connectivity index is 1.99. The van der Waals surface area contributed by atoms with E-state index in [-0.39, 0.29) is 23.2 Å². The van der Waals surface area contributed by atoms with E-state index in [9.17, 15) is 14.6 Å². The summed E-state index contributed by atoms with van der Waals surface area (Å²) in [5, 5.41) is 22.4. The van der Waals surface area contributed by atoms with Gasteiger partial charge in [-0.15, -0.1) is 0 Å². The molecule has 0 saturated heterocycles. The highest BCUT2D eigenvalue weighted by atomic mass is 19.1. The van der Waals surface area contributed by atoms with Gasteiger partial charge in [-0.3, -0.25) is 0 Å². The van der Waals surface area contributed by atoms with Crippen LogP contribution in [0.1, 0.15) is 0 Å². The summed E-state index contributed by atoms with van der Waals surface area (Å²) in [7, 11) is 0. The van der Waals surface area contributed by atoms with E-state index in [0.717, 1.165) is 0 Å². The smallest absolute Gasteiger partial charge is 0.258 e. The van der Waals surface area contributed by atoms with E-state index >= 15 is 0 Å². The Morgan fingerprint density at radius 2 is 1.80 bits per heavy atom. The third-order valence-corrected chi connectivity index (χ3v) is 2.73. The zero-order chi connectivity index (χ0) is 14.1. The summed E-state index contributed by atoms with van der Waals surface area (Å²) in [6.07, 6.45) is 0. The van der Waals surface area contributed by atoms with Crippen LogP contribution < -0.4 is 0 Å². The normalized spacial score (nSPS) is 10.7. The molecule has 1 heterocycles. The van der Waals surface area contributed by atoms with Crippen LogP contribution in [-0.2, 0) is 0 Å². The lowest BCUT2D eigenvalue weighted by atomic mass is 10.2. The van der Waals surface area contributed by atoms with Gasteiger partial charge in [0, 0.05) is 11.1 Å². The summed E-state index contributed by atoms with van der Waals surface area (Å²) < 4.78 is 18.2. The van der Waals surface area contributed by atoms with Crippen LogP contribution in [0.5, 0.6) is 11.5 Å². The van der Waals surface area contributed by atoms with Gasteiger partial charge in [0.25, 0.3) is 5.89 Å². The average molecular weight is 272 g/mol. The molecule has 2 aromatic carbocycles. The van der Waals surface area contributed by atoms with Gasteiger partial charge in [0.15, 0.2) is 11.5 Å². The molecule has 3 rings (SSSR count). The lowest BCUT2D eigenvalue weighted by Crippen LogP contribution is -1.83. The zero-order valence-electron chi connectivity index (χ0n) is 10.1. The predicted molar refractivity (Wildman–Crippen MR) is 68.5 cm³/mol. The Bertz CT molecular complexity index is 771. The van der Waals surface area contributed by atoms with Gasteiger partial charge in [-0.2, -0.15) is 4.98 Å². The molecule has 5 nitrogen and oxygen atoms in total. The van der Waals surface area contributed by atoms with Crippen LogP contribution in [-0.4, -0.2) is 20.4 Å². The minimum atomic E-state index is -0.392. The third kappa shape index (κ3) is 2.18. The lowest BCUT2D eigenvalue weighted by Gasteiger charge is -1.98. The van der Waals surface area contributed by atoms with Gasteiger partial charge in [-0.1, -0.05) is 17.3 Å². The van der Waals surface area contributed by atoms with E-state index in [1.807, 2.05) is 0 Å². The number of phenolic OH excluding ortho intramolecular Hbond substituents is 2. The monoisotopic (exact) mass is 272 g/mol. The Kier molecular flexibility index (Phi) is 2.83. The molecule has 1 aromatic heterocycles. The van der Waals surface area contributed by atoms with Crippen LogP contribution >= 0.6 is 0 Å². The fraction of sp³-hybridized carbons (Fsp3) is 0. The molecule has 20 heavy (non-hydrogen) atoms. The van der Waals surface area contributed by atoms with Gasteiger partial charge in [-0.25, -0.2) is 4.39 Å². The fourth-order valence-electron chi connectivity index (χ4n) is 1.74. The maximum absolute atomic E-state index is 13.1. The van der Waals surface area contributed by atoms with Crippen molar-refractivity contribution in [2.24, 2.45) is 0 Å². The summed E-state index contributed by atoms with van der Waals surface area (Å²) in [5.74, 6) is -0.505. The number of phenols is 2. The number of aromatic hydroxyl groups is 2. The van der Waals surface area contributed by atoms with E-state index in [2.05, 4.69) is 10.1 Å². The molecule has 0 aliphatic rings. The van der Waals surface area contributed by atoms with Gasteiger partial charge < -0.3 is 14.7 Å². The fourth-order valence-corrected chi connectivity index (χ4v) is 1.74. The first-order chi connectivity index (χ1) is 9.63. The summed E-state index contributed by atoms with van der Waals surface area (Å²) >= 11 is 0. The minimum absolute atomic E-state index is 0.166. The van der Waals surface area contributed by atoms with E-state index in [1.165, 1.54) is 30.3 Å². The zero-order valence-corrected chi connectivity index (χ0v) is 10.1. The summed E-state index contributed by atoms with van der Waals surface area (Å²) in [6, 6.07) is 9.97. The average Bonchev–Trinajstić information content (AvgIpc) is 2.92. The Hall–Kier alpha value is -2.89. The van der Waals surface area contributed by atoms with Crippen molar-refractivity contribution < 1.29 is 19.1 Å². The Morgan fingerprint density at radius 1 is 0.950 bits per heavy atom. The second kappa shape index (κ2) is 4.65. The molecule has 0 saturated carbocycles. The summed E-state index contributed by atoms with van der Waals surface area (Å²) in [5.41, 5.74) is 0.943. The first kappa shape index (κ1) is 12.2. The predicted octanol–water partition coefficient (Wildman–Crippen LogP) is 2.95. The van der Waals surface area contributed by atoms with Crippen LogP contribution in [0.25, 0.3) is 22.8 Å². The third-order valence-electron chi connectivity index (χ3n) is 2.73. The Labute approximate surface area is 112 Å². The molecule has 0 fully saturated rings. The second-order valence-electron chi connectivity index (χ2n) is 4.14. The van der Waals surface area contributed by atoms with Gasteiger partial charge in [0.2, 0.25) is 5.82 Å². The standard InChI is InChI=1S/C14H9FN2O3/c15-10-3-1-2-8(6-10)13-16-14(20-17-13)9-4-5-11(18)12(19)7-9/h1-7,18-19H. The SMILES string of the molecule is Oc1ccc(-c2nc(-c3cccc(F)c3)no2)cc1O. The topological polar surface area (TPSA) is 79.4 Å². The highest BCUT2D eigenvalue weighted by molar-refractivity contribution is 5.62. The summed E-state index contributed by atoms with van der Waals surface area (Å²) in [6.45, 7) is 0. The van der Waals surface area contributed by atoms with Gasteiger partial charge in [0.05, 0.1) is 0 Å². The van der Waals surface area contributed by atoms with Gasteiger partial charge >= 0.3 is 0 Å². The molecule has 0 bridgehead atoms.